The molecule has 0 radical (unpaired) electrons. The Morgan fingerprint density at radius 2 is 1.95 bits per heavy atom. The number of carbonyl (C=O) groups is 1. The van der Waals surface area contributed by atoms with E-state index < -0.39 is 0 Å². The highest BCUT2D eigenvalue weighted by Gasteiger charge is 2.19. The van der Waals surface area contributed by atoms with Gasteiger partial charge in [-0.25, -0.2) is 0 Å². The van der Waals surface area contributed by atoms with Crippen LogP contribution in [0.4, 0.5) is 0 Å². The lowest BCUT2D eigenvalue weighted by Gasteiger charge is -2.25. The number of nitrogens with zero attached hydrogens (tertiary/aromatic N) is 4. The minimum Gasteiger partial charge on any atom is -0.335 e. The lowest BCUT2D eigenvalue weighted by Crippen LogP contribution is -2.29. The third kappa shape index (κ3) is 2.67. The highest BCUT2D eigenvalue weighted by molar-refractivity contribution is 6.30. The SMILES string of the molecule is CC(c1ccc(Cl)cc1)N(C)C(=O)c1ccc2nncn2c1. The first-order valence-electron chi connectivity index (χ1n) is 6.88. The van der Waals surface area contributed by atoms with E-state index in [2.05, 4.69) is 10.2 Å². The predicted octanol–water partition coefficient (Wildman–Crippen LogP) is 3.22. The van der Waals surface area contributed by atoms with Crippen molar-refractivity contribution < 1.29 is 4.79 Å². The third-order valence-corrected chi connectivity index (χ3v) is 4.04. The van der Waals surface area contributed by atoms with Crippen molar-refractivity contribution in [2.45, 2.75) is 13.0 Å². The van der Waals surface area contributed by atoms with E-state index in [4.69, 9.17) is 11.6 Å². The molecule has 0 N–H and O–H groups in total. The number of fused-ring (bicyclic) bond motifs is 1. The maximum absolute atomic E-state index is 12.6. The van der Waals surface area contributed by atoms with Crippen LogP contribution in [0.15, 0.2) is 48.9 Å². The molecule has 0 saturated carbocycles. The fourth-order valence-corrected chi connectivity index (χ4v) is 2.42. The van der Waals surface area contributed by atoms with Crippen LogP contribution in [0.1, 0.15) is 28.9 Å². The molecule has 1 aromatic carbocycles. The number of halogens is 1. The van der Waals surface area contributed by atoms with Gasteiger partial charge in [0.1, 0.15) is 6.33 Å². The van der Waals surface area contributed by atoms with Crippen LogP contribution in [-0.2, 0) is 0 Å². The van der Waals surface area contributed by atoms with Crippen molar-refractivity contribution in [2.75, 3.05) is 7.05 Å². The molecule has 112 valence electrons. The summed E-state index contributed by atoms with van der Waals surface area (Å²) in [6, 6.07) is 11.0. The Balaban J connectivity index is 1.85. The molecule has 3 aromatic rings. The molecule has 0 saturated heterocycles. The lowest BCUT2D eigenvalue weighted by molar-refractivity contribution is 0.0742. The summed E-state index contributed by atoms with van der Waals surface area (Å²) in [6.07, 6.45) is 3.32. The van der Waals surface area contributed by atoms with E-state index in [1.54, 1.807) is 41.0 Å². The average molecular weight is 315 g/mol. The maximum Gasteiger partial charge on any atom is 0.255 e. The fraction of sp³-hybridized carbons (Fsp3) is 0.188. The van der Waals surface area contributed by atoms with Gasteiger partial charge < -0.3 is 4.90 Å². The van der Waals surface area contributed by atoms with Crippen molar-refractivity contribution >= 4 is 23.2 Å². The smallest absolute Gasteiger partial charge is 0.255 e. The Kier molecular flexibility index (Phi) is 3.81. The van der Waals surface area contributed by atoms with E-state index in [9.17, 15) is 4.79 Å². The van der Waals surface area contributed by atoms with Crippen LogP contribution in [0.25, 0.3) is 5.65 Å². The summed E-state index contributed by atoms with van der Waals surface area (Å²) >= 11 is 5.90. The highest BCUT2D eigenvalue weighted by Crippen LogP contribution is 2.22. The van der Waals surface area contributed by atoms with E-state index in [-0.39, 0.29) is 11.9 Å². The summed E-state index contributed by atoms with van der Waals surface area (Å²) < 4.78 is 1.73. The second-order valence-corrected chi connectivity index (χ2v) is 5.59. The molecule has 5 nitrogen and oxygen atoms in total. The molecule has 1 amide bonds. The predicted molar refractivity (Wildman–Crippen MR) is 84.9 cm³/mol. The zero-order valence-corrected chi connectivity index (χ0v) is 13.0. The molecular formula is C16H15ClN4O. The lowest BCUT2D eigenvalue weighted by atomic mass is 10.1. The summed E-state index contributed by atoms with van der Waals surface area (Å²) in [5, 5.41) is 8.43. The Morgan fingerprint density at radius 1 is 1.23 bits per heavy atom. The van der Waals surface area contributed by atoms with Gasteiger partial charge in [-0.05, 0) is 36.8 Å². The molecule has 1 unspecified atom stereocenters. The molecule has 0 aliphatic heterocycles. The van der Waals surface area contributed by atoms with Crippen molar-refractivity contribution in [1.29, 1.82) is 0 Å². The van der Waals surface area contributed by atoms with Crippen molar-refractivity contribution in [3.05, 3.63) is 65.1 Å². The van der Waals surface area contributed by atoms with Crippen LogP contribution in [0.2, 0.25) is 5.02 Å². The van der Waals surface area contributed by atoms with Gasteiger partial charge in [0.2, 0.25) is 0 Å². The number of amides is 1. The van der Waals surface area contributed by atoms with Gasteiger partial charge in [0.15, 0.2) is 5.65 Å². The Bertz CT molecular complexity index is 812. The first-order valence-corrected chi connectivity index (χ1v) is 7.26. The monoisotopic (exact) mass is 314 g/mol. The largest absolute Gasteiger partial charge is 0.335 e. The van der Waals surface area contributed by atoms with E-state index in [0.717, 1.165) is 5.56 Å². The Hall–Kier alpha value is -2.40. The summed E-state index contributed by atoms with van der Waals surface area (Å²) in [5.74, 6) is -0.0574. The molecule has 2 aromatic heterocycles. The molecule has 0 spiro atoms. The molecule has 6 heteroatoms. The standard InChI is InChI=1S/C16H15ClN4O/c1-11(12-3-6-14(17)7-4-12)20(2)16(22)13-5-8-15-19-18-10-21(15)9-13/h3-11H,1-2H3. The summed E-state index contributed by atoms with van der Waals surface area (Å²) in [5.41, 5.74) is 2.34. The first kappa shape index (κ1) is 14.5. The van der Waals surface area contributed by atoms with Gasteiger partial charge in [-0.2, -0.15) is 0 Å². The fourth-order valence-electron chi connectivity index (χ4n) is 2.30. The summed E-state index contributed by atoms with van der Waals surface area (Å²) in [7, 11) is 1.79. The minimum absolute atomic E-state index is 0.0543. The summed E-state index contributed by atoms with van der Waals surface area (Å²) in [6.45, 7) is 1.98. The molecule has 0 aliphatic carbocycles. The molecule has 0 fully saturated rings. The third-order valence-electron chi connectivity index (χ3n) is 3.79. The topological polar surface area (TPSA) is 50.5 Å². The molecule has 0 bridgehead atoms. The second-order valence-electron chi connectivity index (χ2n) is 5.16. The van der Waals surface area contributed by atoms with E-state index in [1.165, 1.54) is 0 Å². The molecular weight excluding hydrogens is 300 g/mol. The normalized spacial score (nSPS) is 12.3. The van der Waals surface area contributed by atoms with Crippen LogP contribution in [0, 0.1) is 0 Å². The average Bonchev–Trinajstić information content (AvgIpc) is 3.01. The second kappa shape index (κ2) is 5.77. The molecule has 22 heavy (non-hydrogen) atoms. The highest BCUT2D eigenvalue weighted by atomic mass is 35.5. The summed E-state index contributed by atoms with van der Waals surface area (Å²) in [4.78, 5) is 14.3. The minimum atomic E-state index is -0.0574. The Labute approximate surface area is 133 Å². The van der Waals surface area contributed by atoms with Crippen LogP contribution in [-0.4, -0.2) is 32.5 Å². The van der Waals surface area contributed by atoms with Crippen LogP contribution in [0.5, 0.6) is 0 Å². The van der Waals surface area contributed by atoms with Crippen LogP contribution in [0.3, 0.4) is 0 Å². The Morgan fingerprint density at radius 3 is 2.68 bits per heavy atom. The van der Waals surface area contributed by atoms with Gasteiger partial charge in [-0.1, -0.05) is 23.7 Å². The van der Waals surface area contributed by atoms with E-state index >= 15 is 0 Å². The zero-order chi connectivity index (χ0) is 15.7. The maximum atomic E-state index is 12.6. The quantitative estimate of drug-likeness (QED) is 0.746. The number of carbonyl (C=O) groups excluding carboxylic acids is 1. The van der Waals surface area contributed by atoms with Gasteiger partial charge in [-0.15, -0.1) is 10.2 Å². The van der Waals surface area contributed by atoms with Gasteiger partial charge in [-0.3, -0.25) is 9.20 Å². The first-order chi connectivity index (χ1) is 10.6. The molecule has 2 heterocycles. The van der Waals surface area contributed by atoms with Gasteiger partial charge in [0.05, 0.1) is 11.6 Å². The zero-order valence-electron chi connectivity index (χ0n) is 12.3. The van der Waals surface area contributed by atoms with Crippen molar-refractivity contribution in [3.8, 4) is 0 Å². The van der Waals surface area contributed by atoms with Crippen molar-refractivity contribution in [2.24, 2.45) is 0 Å². The van der Waals surface area contributed by atoms with Crippen LogP contribution >= 0.6 is 11.6 Å². The molecule has 3 rings (SSSR count). The van der Waals surface area contributed by atoms with Gasteiger partial charge in [0.25, 0.3) is 5.91 Å². The van der Waals surface area contributed by atoms with Crippen molar-refractivity contribution in [3.63, 3.8) is 0 Å². The van der Waals surface area contributed by atoms with Crippen molar-refractivity contribution in [1.82, 2.24) is 19.5 Å². The van der Waals surface area contributed by atoms with E-state index in [0.29, 0.717) is 16.2 Å². The molecule has 0 aliphatic rings. The molecule has 1 atom stereocenters. The van der Waals surface area contributed by atoms with Gasteiger partial charge in [0, 0.05) is 18.3 Å². The number of benzene rings is 1. The van der Waals surface area contributed by atoms with Crippen LogP contribution < -0.4 is 0 Å². The number of aromatic nitrogens is 3. The number of hydrogen-bond acceptors (Lipinski definition) is 3. The van der Waals surface area contributed by atoms with Gasteiger partial charge >= 0.3 is 0 Å². The number of pyridine rings is 1. The van der Waals surface area contributed by atoms with E-state index in [1.807, 2.05) is 31.2 Å². The number of hydrogen-bond donors (Lipinski definition) is 0. The number of rotatable bonds is 3.